The summed E-state index contributed by atoms with van der Waals surface area (Å²) < 4.78 is 0. The molecule has 1 aromatic rings. The molecular weight excluding hydrogens is 213 g/mol. The summed E-state index contributed by atoms with van der Waals surface area (Å²) >= 11 is 0. The zero-order valence-corrected chi connectivity index (χ0v) is 9.60. The van der Waals surface area contributed by atoms with E-state index in [1.54, 1.807) is 31.3 Å². The minimum Gasteiger partial charge on any atom is -0.369 e. The highest BCUT2D eigenvalue weighted by Gasteiger charge is 2.42. The molecule has 1 fully saturated rings. The van der Waals surface area contributed by atoms with Crippen molar-refractivity contribution in [3.05, 3.63) is 29.8 Å². The summed E-state index contributed by atoms with van der Waals surface area (Å²) in [5.74, 6) is 5.09. The maximum Gasteiger partial charge on any atom is 0.267 e. The molecule has 1 amide bonds. The summed E-state index contributed by atoms with van der Waals surface area (Å²) in [5, 5.41) is 10.1. The largest absolute Gasteiger partial charge is 0.369 e. The first kappa shape index (κ1) is 11.8. The van der Waals surface area contributed by atoms with Crippen LogP contribution in [0.25, 0.3) is 0 Å². The molecule has 1 aromatic carbocycles. The Balaban J connectivity index is 2.25. The summed E-state index contributed by atoms with van der Waals surface area (Å²) in [7, 11) is 7.27. The second-order valence-corrected chi connectivity index (χ2v) is 4.21. The molecule has 0 bridgehead atoms. The Kier molecular flexibility index (Phi) is 2.95. The van der Waals surface area contributed by atoms with Crippen LogP contribution in [0.15, 0.2) is 24.3 Å². The number of hydrogen-bond acceptors (Lipinski definition) is 2. The van der Waals surface area contributed by atoms with Crippen molar-refractivity contribution in [1.82, 2.24) is 4.90 Å². The molecule has 1 N–H and O–H groups in total. The first-order valence-electron chi connectivity index (χ1n) is 5.38. The average molecular weight is 225 g/mol. The van der Waals surface area contributed by atoms with E-state index >= 15 is 0 Å². The number of carbonyl (C=O) groups excluding carboxylic acids is 1. The SMILES string of the molecule is [B]c1cccc(C#C[C@]2(O)CCN(C)C2=O)c1. The van der Waals surface area contributed by atoms with Crippen LogP contribution in [0.2, 0.25) is 0 Å². The van der Waals surface area contributed by atoms with Crippen LogP contribution in [0.3, 0.4) is 0 Å². The van der Waals surface area contributed by atoms with Gasteiger partial charge in [0.05, 0.1) is 0 Å². The summed E-state index contributed by atoms with van der Waals surface area (Å²) in [6.45, 7) is 0.529. The number of likely N-dealkylation sites (tertiary alicyclic amines) is 1. The fraction of sp³-hybridized carbons (Fsp3) is 0.308. The number of amides is 1. The fourth-order valence-corrected chi connectivity index (χ4v) is 1.76. The second kappa shape index (κ2) is 4.27. The molecule has 0 aliphatic carbocycles. The van der Waals surface area contributed by atoms with Crippen LogP contribution in [0.1, 0.15) is 12.0 Å². The lowest BCUT2D eigenvalue weighted by Gasteiger charge is -2.13. The molecule has 1 aliphatic rings. The summed E-state index contributed by atoms with van der Waals surface area (Å²) in [4.78, 5) is 13.1. The van der Waals surface area contributed by atoms with Gasteiger partial charge in [0.2, 0.25) is 5.60 Å². The molecule has 2 radical (unpaired) electrons. The Morgan fingerprint density at radius 2 is 2.29 bits per heavy atom. The lowest BCUT2D eigenvalue weighted by atomic mass is 9.94. The molecule has 1 atom stereocenters. The average Bonchev–Trinajstić information content (AvgIpc) is 2.56. The third-order valence-corrected chi connectivity index (χ3v) is 2.81. The molecule has 0 spiro atoms. The number of carbonyl (C=O) groups is 1. The van der Waals surface area contributed by atoms with Crippen LogP contribution >= 0.6 is 0 Å². The predicted octanol–water partition coefficient (Wildman–Crippen LogP) is -0.575. The van der Waals surface area contributed by atoms with E-state index in [4.69, 9.17) is 7.85 Å². The van der Waals surface area contributed by atoms with E-state index in [0.717, 1.165) is 0 Å². The van der Waals surface area contributed by atoms with Crippen LogP contribution in [-0.2, 0) is 4.79 Å². The third-order valence-electron chi connectivity index (χ3n) is 2.81. The molecule has 1 saturated heterocycles. The molecule has 1 aliphatic heterocycles. The number of likely N-dealkylation sites (N-methyl/N-ethyl adjacent to an activating group) is 1. The Morgan fingerprint density at radius 1 is 1.53 bits per heavy atom. The van der Waals surface area contributed by atoms with E-state index in [1.807, 2.05) is 0 Å². The maximum atomic E-state index is 11.7. The lowest BCUT2D eigenvalue weighted by Crippen LogP contribution is -2.37. The van der Waals surface area contributed by atoms with Crippen molar-refractivity contribution >= 4 is 19.2 Å². The van der Waals surface area contributed by atoms with Gasteiger partial charge in [0.15, 0.2) is 0 Å². The van der Waals surface area contributed by atoms with Gasteiger partial charge in [-0.05, 0) is 6.07 Å². The van der Waals surface area contributed by atoms with Crippen LogP contribution in [0, 0.1) is 11.8 Å². The molecular formula is C13H12BNO2. The molecule has 2 rings (SSSR count). The maximum absolute atomic E-state index is 11.7. The van der Waals surface area contributed by atoms with E-state index in [-0.39, 0.29) is 5.91 Å². The molecule has 3 nitrogen and oxygen atoms in total. The number of hydrogen-bond donors (Lipinski definition) is 1. The van der Waals surface area contributed by atoms with Crippen LogP contribution in [0.4, 0.5) is 0 Å². The highest BCUT2D eigenvalue weighted by Crippen LogP contribution is 2.20. The Morgan fingerprint density at radius 3 is 2.88 bits per heavy atom. The number of nitrogens with zero attached hydrogens (tertiary/aromatic N) is 1. The molecule has 84 valence electrons. The van der Waals surface area contributed by atoms with Crippen LogP contribution in [0.5, 0.6) is 0 Å². The van der Waals surface area contributed by atoms with Gasteiger partial charge in [0.1, 0.15) is 7.85 Å². The molecule has 0 unspecified atom stereocenters. The molecule has 4 heteroatoms. The predicted molar refractivity (Wildman–Crippen MR) is 65.9 cm³/mol. The molecule has 1 heterocycles. The number of aliphatic hydroxyl groups is 1. The Labute approximate surface area is 102 Å². The van der Waals surface area contributed by atoms with Gasteiger partial charge in [-0.1, -0.05) is 35.5 Å². The Hall–Kier alpha value is -1.73. The number of benzene rings is 1. The van der Waals surface area contributed by atoms with Crippen molar-refractivity contribution in [3.8, 4) is 11.8 Å². The highest BCUT2D eigenvalue weighted by atomic mass is 16.3. The van der Waals surface area contributed by atoms with Gasteiger partial charge in [-0.25, -0.2) is 0 Å². The van der Waals surface area contributed by atoms with E-state index < -0.39 is 5.60 Å². The first-order valence-corrected chi connectivity index (χ1v) is 5.38. The van der Waals surface area contributed by atoms with Crippen molar-refractivity contribution in [2.75, 3.05) is 13.6 Å². The topological polar surface area (TPSA) is 40.5 Å². The van der Waals surface area contributed by atoms with Gasteiger partial charge < -0.3 is 10.0 Å². The lowest BCUT2D eigenvalue weighted by molar-refractivity contribution is -0.137. The van der Waals surface area contributed by atoms with E-state index in [2.05, 4.69) is 11.8 Å². The van der Waals surface area contributed by atoms with Gasteiger partial charge in [0, 0.05) is 25.6 Å². The van der Waals surface area contributed by atoms with Gasteiger partial charge >= 0.3 is 0 Å². The molecule has 0 saturated carbocycles. The summed E-state index contributed by atoms with van der Waals surface area (Å²) in [6.07, 6.45) is 0.345. The van der Waals surface area contributed by atoms with Gasteiger partial charge in [-0.3, -0.25) is 4.79 Å². The number of rotatable bonds is 0. The zero-order chi connectivity index (χ0) is 12.5. The van der Waals surface area contributed by atoms with E-state index in [1.165, 1.54) is 4.90 Å². The zero-order valence-electron chi connectivity index (χ0n) is 9.60. The normalized spacial score (nSPS) is 23.4. The fourth-order valence-electron chi connectivity index (χ4n) is 1.76. The minimum absolute atomic E-state index is 0.339. The van der Waals surface area contributed by atoms with Crippen molar-refractivity contribution < 1.29 is 9.90 Å². The monoisotopic (exact) mass is 225 g/mol. The van der Waals surface area contributed by atoms with Crippen molar-refractivity contribution in [2.24, 2.45) is 0 Å². The van der Waals surface area contributed by atoms with Crippen molar-refractivity contribution in [2.45, 2.75) is 12.0 Å². The van der Waals surface area contributed by atoms with Crippen LogP contribution in [-0.4, -0.2) is 43.0 Å². The second-order valence-electron chi connectivity index (χ2n) is 4.21. The van der Waals surface area contributed by atoms with E-state index in [9.17, 15) is 9.90 Å². The quantitative estimate of drug-likeness (QED) is 0.474. The summed E-state index contributed by atoms with van der Waals surface area (Å²) in [6, 6.07) is 7.04. The first-order chi connectivity index (χ1) is 8.01. The smallest absolute Gasteiger partial charge is 0.267 e. The molecule has 0 aromatic heterocycles. The molecule has 17 heavy (non-hydrogen) atoms. The standard InChI is InChI=1S/C13H12BNO2/c1-15-8-7-13(17,12(15)16)6-5-10-3-2-4-11(14)9-10/h2-4,9,17H,7-8H2,1H3/t13-/m0/s1. The minimum atomic E-state index is -1.54. The van der Waals surface area contributed by atoms with Crippen molar-refractivity contribution in [1.29, 1.82) is 0 Å². The van der Waals surface area contributed by atoms with Gasteiger partial charge in [0.25, 0.3) is 5.91 Å². The Bertz CT molecular complexity index is 518. The van der Waals surface area contributed by atoms with E-state index in [0.29, 0.717) is 24.0 Å². The third kappa shape index (κ3) is 2.35. The highest BCUT2D eigenvalue weighted by molar-refractivity contribution is 6.32. The van der Waals surface area contributed by atoms with Crippen LogP contribution < -0.4 is 5.46 Å². The van der Waals surface area contributed by atoms with Gasteiger partial charge in [-0.15, -0.1) is 0 Å². The van der Waals surface area contributed by atoms with Crippen molar-refractivity contribution in [3.63, 3.8) is 0 Å². The van der Waals surface area contributed by atoms with Gasteiger partial charge in [-0.2, -0.15) is 0 Å². The summed E-state index contributed by atoms with van der Waals surface area (Å²) in [5.41, 5.74) is -0.237.